The van der Waals surface area contributed by atoms with Crippen molar-refractivity contribution >= 4 is 0 Å². The first-order chi connectivity index (χ1) is 4.20. The third-order valence-corrected chi connectivity index (χ3v) is 1.00. The number of aromatic nitrogens is 2. The maximum absolute atomic E-state index is 10.6. The molecule has 48 valence electrons. The molecule has 0 saturated heterocycles. The van der Waals surface area contributed by atoms with E-state index in [-0.39, 0.29) is 5.56 Å². The highest BCUT2D eigenvalue weighted by molar-refractivity contribution is 4.98. The van der Waals surface area contributed by atoms with E-state index in [9.17, 15) is 9.59 Å². The van der Waals surface area contributed by atoms with Gasteiger partial charge in [-0.3, -0.25) is 9.78 Å². The zero-order valence-electron chi connectivity index (χ0n) is 4.89. The van der Waals surface area contributed by atoms with Crippen molar-refractivity contribution in [3.63, 3.8) is 0 Å². The number of nitrogens with one attached hydrogen (secondary N) is 2. The van der Waals surface area contributed by atoms with Gasteiger partial charge in [0.25, 0.3) is 5.56 Å². The lowest BCUT2D eigenvalue weighted by Gasteiger charge is -1.84. The highest BCUT2D eigenvalue weighted by atomic mass is 16.3. The van der Waals surface area contributed by atoms with Crippen LogP contribution in [0.3, 0.4) is 0 Å². The summed E-state index contributed by atoms with van der Waals surface area (Å²) >= 11 is 0. The van der Waals surface area contributed by atoms with Crippen LogP contribution in [0.25, 0.3) is 0 Å². The fourth-order valence-electron chi connectivity index (χ4n) is 0.477. The van der Waals surface area contributed by atoms with Crippen molar-refractivity contribution in [2.75, 3.05) is 0 Å². The van der Waals surface area contributed by atoms with E-state index in [1.807, 2.05) is 0 Å². The monoisotopic (exact) mass is 129 g/mol. The first-order valence-corrected chi connectivity index (χ1v) is 2.49. The first-order valence-electron chi connectivity index (χ1n) is 2.49. The second-order valence-electron chi connectivity index (χ2n) is 1.75. The van der Waals surface area contributed by atoms with Gasteiger partial charge in [0.1, 0.15) is 0 Å². The molecule has 0 fully saturated rings. The highest BCUT2D eigenvalue weighted by Gasteiger charge is 1.88. The Hall–Kier alpha value is -1.32. The van der Waals surface area contributed by atoms with Gasteiger partial charge in [0.05, 0.1) is 0 Å². The van der Waals surface area contributed by atoms with Crippen molar-refractivity contribution in [2.24, 2.45) is 0 Å². The van der Waals surface area contributed by atoms with Crippen molar-refractivity contribution < 1.29 is 0 Å². The minimum absolute atomic E-state index is 0.334. The predicted molar refractivity (Wildman–Crippen MR) is 32.4 cm³/mol. The van der Waals surface area contributed by atoms with Crippen LogP contribution in [0.15, 0.2) is 15.8 Å². The molecule has 1 rings (SSSR count). The van der Waals surface area contributed by atoms with Crippen LogP contribution < -0.4 is 11.2 Å². The first kappa shape index (κ1) is 5.81. The van der Waals surface area contributed by atoms with Gasteiger partial charge in [0, 0.05) is 11.8 Å². The zero-order chi connectivity index (χ0) is 6.85. The van der Waals surface area contributed by atoms with E-state index in [1.54, 1.807) is 6.92 Å². The smallest absolute Gasteiger partial charge is 0.314 e. The van der Waals surface area contributed by atoms with Crippen LogP contribution in [-0.2, 0) is 0 Å². The molecule has 9 heavy (non-hydrogen) atoms. The number of aryl methyl sites for hydroxylation is 1. The van der Waals surface area contributed by atoms with Gasteiger partial charge in [-0.1, -0.05) is 0 Å². The third kappa shape index (κ3) is 1.07. The Labute approximate surface area is 50.6 Å². The lowest BCUT2D eigenvalue weighted by molar-refractivity contribution is 1.01. The van der Waals surface area contributed by atoms with Crippen LogP contribution >= 0.6 is 0 Å². The van der Waals surface area contributed by atoms with Crippen LogP contribution in [0.1, 0.15) is 5.56 Å². The molecule has 0 aliphatic heterocycles. The molecule has 4 nitrogen and oxygen atoms in total. The van der Waals surface area contributed by atoms with Crippen molar-refractivity contribution in [1.29, 1.82) is 0 Å². The average Bonchev–Trinajstić information content (AvgIpc) is 1.80. The molecule has 4 heteroatoms. The Bertz CT molecular complexity index is 309. The summed E-state index contributed by atoms with van der Waals surface area (Å²) in [4.78, 5) is 25.3. The second-order valence-corrected chi connectivity index (χ2v) is 1.75. The minimum Gasteiger partial charge on any atom is -0.314 e. The van der Waals surface area contributed by atoms with Gasteiger partial charge in [-0.15, -0.1) is 0 Å². The maximum atomic E-state index is 10.6. The van der Waals surface area contributed by atoms with Crippen LogP contribution in [0.4, 0.5) is 0 Å². The molecular weight excluding hydrogens is 123 g/mol. The molecule has 0 atom stereocenters. The van der Waals surface area contributed by atoms with Gasteiger partial charge >= 0.3 is 5.69 Å². The van der Waals surface area contributed by atoms with Crippen molar-refractivity contribution in [2.45, 2.75) is 6.92 Å². The number of hydrogen-bond donors (Lipinski definition) is 2. The van der Waals surface area contributed by atoms with E-state index in [2.05, 4.69) is 9.97 Å². The molecular formula is C5H6N2O2. The summed E-state index contributed by atoms with van der Waals surface area (Å²) in [6.07, 6.45) is 1.38. The largest absolute Gasteiger partial charge is 0.325 e. The summed E-state index contributed by atoms with van der Waals surface area (Å²) in [6.45, 7) is 1.62. The van der Waals surface area contributed by atoms with Crippen molar-refractivity contribution in [1.82, 2.24) is 9.97 Å². The van der Waals surface area contributed by atoms with Gasteiger partial charge in [0.2, 0.25) is 0 Å². The Morgan fingerprint density at radius 1 is 1.44 bits per heavy atom. The molecule has 0 aliphatic carbocycles. The summed E-state index contributed by atoms with van der Waals surface area (Å²) in [5.74, 6) is 0. The Kier molecular flexibility index (Phi) is 1.22. The lowest BCUT2D eigenvalue weighted by Crippen LogP contribution is -2.22. The molecule has 0 aliphatic rings. The Morgan fingerprint density at radius 2 is 2.11 bits per heavy atom. The van der Waals surface area contributed by atoms with Gasteiger partial charge in [-0.25, -0.2) is 4.79 Å². The number of hydrogen-bond acceptors (Lipinski definition) is 2. The van der Waals surface area contributed by atoms with E-state index >= 15 is 0 Å². The van der Waals surface area contributed by atoms with Crippen LogP contribution in [0.2, 0.25) is 0 Å². The van der Waals surface area contributed by atoms with Crippen LogP contribution in [0.5, 0.6) is 0 Å². The summed E-state index contributed by atoms with van der Waals surface area (Å²) in [7, 11) is 0. The molecule has 0 spiro atoms. The van der Waals surface area contributed by atoms with E-state index in [4.69, 9.17) is 0 Å². The van der Waals surface area contributed by atoms with E-state index < -0.39 is 5.69 Å². The topological polar surface area (TPSA) is 65.7 Å². The van der Waals surface area contributed by atoms with Gasteiger partial charge in [0.15, 0.2) is 0 Å². The molecule has 0 amide bonds. The zero-order valence-corrected chi connectivity index (χ0v) is 4.89. The summed E-state index contributed by atoms with van der Waals surface area (Å²) in [6, 6.07) is 0. The quantitative estimate of drug-likeness (QED) is 0.489. The molecule has 0 saturated carbocycles. The molecule has 1 heterocycles. The highest BCUT2D eigenvalue weighted by Crippen LogP contribution is 1.73. The van der Waals surface area contributed by atoms with E-state index in [0.717, 1.165) is 0 Å². The van der Waals surface area contributed by atoms with Crippen molar-refractivity contribution in [3.8, 4) is 0 Å². The minimum atomic E-state index is -0.467. The fourth-order valence-corrected chi connectivity index (χ4v) is 0.477. The van der Waals surface area contributed by atoms with Crippen LogP contribution in [0, 0.1) is 6.92 Å². The second kappa shape index (κ2) is 1.89. The maximum Gasteiger partial charge on any atom is 0.325 e. The van der Waals surface area contributed by atoms with Gasteiger partial charge < -0.3 is 4.98 Å². The molecule has 1 aromatic heterocycles. The number of rotatable bonds is 0. The summed E-state index contributed by atoms with van der Waals surface area (Å²) in [5.41, 5.74) is -0.293. The van der Waals surface area contributed by atoms with E-state index in [1.165, 1.54) is 6.20 Å². The molecule has 0 aromatic carbocycles. The molecule has 1 aromatic rings. The number of aromatic amines is 2. The van der Waals surface area contributed by atoms with Crippen LogP contribution in [-0.4, -0.2) is 9.97 Å². The summed E-state index contributed by atoms with van der Waals surface area (Å²) < 4.78 is 0. The molecule has 2 N–H and O–H groups in total. The third-order valence-electron chi connectivity index (χ3n) is 1.00. The molecule has 0 unspecified atom stereocenters. The molecule has 0 radical (unpaired) electrons. The van der Waals surface area contributed by atoms with Gasteiger partial charge in [-0.05, 0) is 6.92 Å². The predicted octanol–water partition coefficient (Wildman–Crippen LogP) is -0.628. The number of H-pyrrole nitrogens is 2. The molecule has 0 bridgehead atoms. The summed E-state index contributed by atoms with van der Waals surface area (Å²) in [5, 5.41) is 0. The SMILES string of the molecule is Cc1c[15nH][13c](=O)[15nH]c1=O. The fraction of sp³-hybridized carbons (Fsp3) is 0.200. The average molecular weight is 129 g/mol. The lowest BCUT2D eigenvalue weighted by atomic mass is 10.4. The van der Waals surface area contributed by atoms with E-state index in [0.29, 0.717) is 5.56 Å². The van der Waals surface area contributed by atoms with Crippen molar-refractivity contribution in [3.05, 3.63) is 32.6 Å². The Morgan fingerprint density at radius 3 is 2.56 bits per heavy atom. The Balaban J connectivity index is 3.52. The van der Waals surface area contributed by atoms with Gasteiger partial charge in [-0.2, -0.15) is 0 Å². The normalized spacial score (nSPS) is 9.44. The standard InChI is InChI=1S/C5H6N2O2/c1-3-2-6-5(9)7-4(3)8/h2H,1H3,(H2,6,7,8,9)/i5+1,6+1,7+1.